The maximum absolute atomic E-state index is 12.2. The normalized spacial score (nSPS) is 20.1. The van der Waals surface area contributed by atoms with Crippen LogP contribution < -0.4 is 5.73 Å². The number of carbonyl (C=O) groups excluding carboxylic acids is 1. The van der Waals surface area contributed by atoms with Gasteiger partial charge in [0.1, 0.15) is 0 Å². The van der Waals surface area contributed by atoms with Crippen LogP contribution >= 0.6 is 0 Å². The predicted octanol–water partition coefficient (Wildman–Crippen LogP) is 1.78. The molecule has 2 N–H and O–H groups in total. The second kappa shape index (κ2) is 7.10. The summed E-state index contributed by atoms with van der Waals surface area (Å²) in [5.74, 6) is 0.197. The number of nitrogens with zero attached hydrogens (tertiary/aromatic N) is 1. The third-order valence-corrected chi connectivity index (χ3v) is 4.36. The lowest BCUT2D eigenvalue weighted by Gasteiger charge is -2.27. The number of amides is 1. The first-order chi connectivity index (χ1) is 8.60. The summed E-state index contributed by atoms with van der Waals surface area (Å²) in [6, 6.07) is 0. The molecule has 0 saturated carbocycles. The van der Waals surface area contributed by atoms with E-state index < -0.39 is 0 Å². The highest BCUT2D eigenvalue weighted by atomic mass is 16.5. The van der Waals surface area contributed by atoms with Crippen LogP contribution in [-0.2, 0) is 9.53 Å². The van der Waals surface area contributed by atoms with Crippen molar-refractivity contribution in [1.82, 2.24) is 4.90 Å². The fourth-order valence-electron chi connectivity index (χ4n) is 2.75. The molecule has 1 saturated heterocycles. The largest absolute Gasteiger partial charge is 0.377 e. The number of rotatable bonds is 7. The Morgan fingerprint density at radius 1 is 1.39 bits per heavy atom. The van der Waals surface area contributed by atoms with E-state index in [1.165, 1.54) is 0 Å². The van der Waals surface area contributed by atoms with E-state index in [-0.39, 0.29) is 12.0 Å². The van der Waals surface area contributed by atoms with Crippen LogP contribution in [0.3, 0.4) is 0 Å². The quantitative estimate of drug-likeness (QED) is 0.755. The fraction of sp³-hybridized carbons (Fsp3) is 0.929. The fourth-order valence-corrected chi connectivity index (χ4v) is 2.75. The Morgan fingerprint density at radius 3 is 2.50 bits per heavy atom. The van der Waals surface area contributed by atoms with E-state index in [1.54, 1.807) is 0 Å². The van der Waals surface area contributed by atoms with Crippen LogP contribution in [0.1, 0.15) is 46.5 Å². The van der Waals surface area contributed by atoms with Gasteiger partial charge in [-0.3, -0.25) is 4.79 Å². The second-order valence-electron chi connectivity index (χ2n) is 5.29. The predicted molar refractivity (Wildman–Crippen MR) is 73.3 cm³/mol. The number of likely N-dealkylation sites (tertiary alicyclic amines) is 1. The van der Waals surface area contributed by atoms with Gasteiger partial charge in [0.25, 0.3) is 0 Å². The van der Waals surface area contributed by atoms with Crippen molar-refractivity contribution in [3.8, 4) is 0 Å². The molecule has 1 aliphatic heterocycles. The van der Waals surface area contributed by atoms with Gasteiger partial charge in [-0.1, -0.05) is 13.8 Å². The zero-order chi connectivity index (χ0) is 13.6. The van der Waals surface area contributed by atoms with Crippen molar-refractivity contribution in [2.45, 2.75) is 52.6 Å². The van der Waals surface area contributed by atoms with Crippen molar-refractivity contribution in [1.29, 1.82) is 0 Å². The monoisotopic (exact) mass is 256 g/mol. The van der Waals surface area contributed by atoms with E-state index in [4.69, 9.17) is 10.5 Å². The molecule has 0 bridgehead atoms. The van der Waals surface area contributed by atoms with Gasteiger partial charge in [0.05, 0.1) is 12.5 Å². The Bertz CT molecular complexity index is 265. The van der Waals surface area contributed by atoms with Crippen LogP contribution in [0.15, 0.2) is 0 Å². The molecule has 0 aromatic heterocycles. The highest BCUT2D eigenvalue weighted by Crippen LogP contribution is 2.37. The zero-order valence-electron chi connectivity index (χ0n) is 12.1. The van der Waals surface area contributed by atoms with Crippen molar-refractivity contribution >= 4 is 5.91 Å². The molecule has 0 radical (unpaired) electrons. The molecule has 106 valence electrons. The molecule has 0 spiro atoms. The van der Waals surface area contributed by atoms with E-state index in [0.29, 0.717) is 25.0 Å². The molecule has 18 heavy (non-hydrogen) atoms. The Hall–Kier alpha value is -0.610. The summed E-state index contributed by atoms with van der Waals surface area (Å²) in [7, 11) is 0. The molecule has 1 fully saturated rings. The molecule has 4 heteroatoms. The molecule has 1 heterocycles. The standard InChI is InChI=1S/C14H28N2O2/c1-4-14(5-2)7-8-16(11-14)13(17)9-12(10-15)18-6-3/h12H,4-11,15H2,1-3H3. The van der Waals surface area contributed by atoms with Crippen molar-refractivity contribution in [2.75, 3.05) is 26.2 Å². The first kappa shape index (κ1) is 15.4. The molecule has 1 rings (SSSR count). The molecule has 0 aliphatic carbocycles. The number of hydrogen-bond acceptors (Lipinski definition) is 3. The van der Waals surface area contributed by atoms with Crippen LogP contribution in [0.25, 0.3) is 0 Å². The Morgan fingerprint density at radius 2 is 2.06 bits per heavy atom. The molecule has 4 nitrogen and oxygen atoms in total. The Balaban J connectivity index is 2.49. The summed E-state index contributed by atoms with van der Waals surface area (Å²) in [6.45, 7) is 9.21. The van der Waals surface area contributed by atoms with Crippen LogP contribution in [0, 0.1) is 5.41 Å². The van der Waals surface area contributed by atoms with E-state index in [1.807, 2.05) is 11.8 Å². The van der Waals surface area contributed by atoms with Crippen LogP contribution in [-0.4, -0.2) is 43.2 Å². The smallest absolute Gasteiger partial charge is 0.225 e. The second-order valence-corrected chi connectivity index (χ2v) is 5.29. The molecular weight excluding hydrogens is 228 g/mol. The van der Waals surface area contributed by atoms with Gasteiger partial charge in [-0.25, -0.2) is 0 Å². The van der Waals surface area contributed by atoms with E-state index >= 15 is 0 Å². The van der Waals surface area contributed by atoms with E-state index in [2.05, 4.69) is 13.8 Å². The summed E-state index contributed by atoms with van der Waals surface area (Å²) < 4.78 is 5.45. The zero-order valence-corrected chi connectivity index (χ0v) is 12.1. The summed E-state index contributed by atoms with van der Waals surface area (Å²) in [5, 5.41) is 0. The van der Waals surface area contributed by atoms with Gasteiger partial charge < -0.3 is 15.4 Å². The number of carbonyl (C=O) groups is 1. The Kier molecular flexibility index (Phi) is 6.09. The minimum absolute atomic E-state index is 0.124. The lowest BCUT2D eigenvalue weighted by Crippen LogP contribution is -2.36. The third kappa shape index (κ3) is 3.69. The van der Waals surface area contributed by atoms with Crippen LogP contribution in [0.5, 0.6) is 0 Å². The lowest BCUT2D eigenvalue weighted by atomic mass is 9.82. The molecule has 0 aromatic rings. The van der Waals surface area contributed by atoms with Crippen molar-refractivity contribution in [2.24, 2.45) is 11.1 Å². The maximum Gasteiger partial charge on any atom is 0.225 e. The van der Waals surface area contributed by atoms with Crippen LogP contribution in [0.2, 0.25) is 0 Å². The van der Waals surface area contributed by atoms with Gasteiger partial charge in [-0.05, 0) is 31.6 Å². The van der Waals surface area contributed by atoms with Crippen LogP contribution in [0.4, 0.5) is 0 Å². The third-order valence-electron chi connectivity index (χ3n) is 4.36. The minimum atomic E-state index is -0.124. The number of hydrogen-bond donors (Lipinski definition) is 1. The summed E-state index contributed by atoms with van der Waals surface area (Å²) in [4.78, 5) is 14.2. The first-order valence-corrected chi connectivity index (χ1v) is 7.20. The van der Waals surface area contributed by atoms with Gasteiger partial charge in [0.2, 0.25) is 5.91 Å². The maximum atomic E-state index is 12.2. The molecule has 1 unspecified atom stereocenters. The lowest BCUT2D eigenvalue weighted by molar-refractivity contribution is -0.133. The summed E-state index contributed by atoms with van der Waals surface area (Å²) in [5.41, 5.74) is 5.96. The Labute approximate surface area is 111 Å². The van der Waals surface area contributed by atoms with Crippen molar-refractivity contribution < 1.29 is 9.53 Å². The molecule has 1 atom stereocenters. The SMILES string of the molecule is CCOC(CN)CC(=O)N1CCC(CC)(CC)C1. The van der Waals surface area contributed by atoms with Gasteiger partial charge in [0, 0.05) is 26.2 Å². The highest BCUT2D eigenvalue weighted by Gasteiger charge is 2.37. The average molecular weight is 256 g/mol. The minimum Gasteiger partial charge on any atom is -0.377 e. The van der Waals surface area contributed by atoms with Crippen molar-refractivity contribution in [3.63, 3.8) is 0 Å². The average Bonchev–Trinajstić information content (AvgIpc) is 2.83. The van der Waals surface area contributed by atoms with E-state index in [0.717, 1.165) is 32.4 Å². The molecule has 1 aliphatic rings. The molecule has 1 amide bonds. The van der Waals surface area contributed by atoms with Gasteiger partial charge in [-0.15, -0.1) is 0 Å². The molecular formula is C14H28N2O2. The highest BCUT2D eigenvalue weighted by molar-refractivity contribution is 5.77. The number of ether oxygens (including phenoxy) is 1. The van der Waals surface area contributed by atoms with Crippen molar-refractivity contribution in [3.05, 3.63) is 0 Å². The van der Waals surface area contributed by atoms with Gasteiger partial charge in [-0.2, -0.15) is 0 Å². The van der Waals surface area contributed by atoms with E-state index in [9.17, 15) is 4.79 Å². The van der Waals surface area contributed by atoms with Gasteiger partial charge in [0.15, 0.2) is 0 Å². The topological polar surface area (TPSA) is 55.6 Å². The molecule has 0 aromatic carbocycles. The van der Waals surface area contributed by atoms with Gasteiger partial charge >= 0.3 is 0 Å². The summed E-state index contributed by atoms with van der Waals surface area (Å²) in [6.07, 6.45) is 3.74. The number of nitrogens with two attached hydrogens (primary N) is 1. The first-order valence-electron chi connectivity index (χ1n) is 7.20. The summed E-state index contributed by atoms with van der Waals surface area (Å²) >= 11 is 0.